The van der Waals surface area contributed by atoms with Crippen molar-refractivity contribution in [1.29, 1.82) is 0 Å². The minimum atomic E-state index is -6.06. The first-order valence-electron chi connectivity index (χ1n) is 23.0. The fourth-order valence-electron chi connectivity index (χ4n) is 9.17. The van der Waals surface area contributed by atoms with Crippen molar-refractivity contribution in [3.8, 4) is 11.5 Å². The first-order chi connectivity index (χ1) is 33.8. The third-order valence-electron chi connectivity index (χ3n) is 13.0. The molecule has 2 aromatic heterocycles. The van der Waals surface area contributed by atoms with Gasteiger partial charge in [0.25, 0.3) is 25.8 Å². The number of aromatic nitrogens is 2. The lowest BCUT2D eigenvalue weighted by molar-refractivity contribution is -0.0435. The van der Waals surface area contributed by atoms with Gasteiger partial charge in [0.2, 0.25) is 0 Å². The van der Waals surface area contributed by atoms with Gasteiger partial charge in [-0.25, -0.2) is 31.3 Å². The molecule has 1 atom stereocenters. The van der Waals surface area contributed by atoms with Gasteiger partial charge in [-0.3, -0.25) is 14.6 Å². The van der Waals surface area contributed by atoms with Gasteiger partial charge in [0.15, 0.2) is 0 Å². The molecule has 3 aliphatic rings. The molecule has 2 aliphatic heterocycles. The van der Waals surface area contributed by atoms with E-state index in [1.165, 1.54) is 23.4 Å². The Labute approximate surface area is 414 Å². The van der Waals surface area contributed by atoms with E-state index >= 15 is 0 Å². The van der Waals surface area contributed by atoms with E-state index < -0.39 is 52.8 Å². The molecule has 4 heterocycles. The number of benzene rings is 3. The number of pyridine rings is 1. The molecular weight excluding hydrogens is 989 g/mol. The van der Waals surface area contributed by atoms with Crippen LogP contribution in [0.4, 0.5) is 29.3 Å². The number of fused-ring (bicyclic) bond motifs is 1. The Morgan fingerprint density at radius 3 is 2.41 bits per heavy atom. The maximum Gasteiger partial charge on any atom is 0.501 e. The molecule has 0 bridgehead atoms. The molecule has 2 fully saturated rings. The first kappa shape index (κ1) is 51.4. The molecule has 23 heteroatoms. The number of morpholine rings is 1. The molecule has 8 rings (SSSR count). The molecule has 3 aromatic carbocycles. The molecule has 0 spiro atoms. The molecular formula is C48H54ClF3N8O9S2. The Hall–Kier alpha value is -5.91. The van der Waals surface area contributed by atoms with E-state index in [1.54, 1.807) is 30.5 Å². The summed E-state index contributed by atoms with van der Waals surface area (Å²) >= 11 is 6.23. The number of rotatable bonds is 17. The summed E-state index contributed by atoms with van der Waals surface area (Å²) in [6, 6.07) is 18.0. The van der Waals surface area contributed by atoms with Crippen LogP contribution < -0.4 is 25.0 Å². The number of allylic oxidation sites excluding steroid dienone is 1. The lowest BCUT2D eigenvalue weighted by Crippen LogP contribution is -2.47. The summed E-state index contributed by atoms with van der Waals surface area (Å²) in [5.74, 6) is -1.03. The van der Waals surface area contributed by atoms with Gasteiger partial charge >= 0.3 is 11.6 Å². The second-order valence-electron chi connectivity index (χ2n) is 18.1. The van der Waals surface area contributed by atoms with Crippen LogP contribution in [0.3, 0.4) is 0 Å². The van der Waals surface area contributed by atoms with E-state index in [-0.39, 0.29) is 29.0 Å². The average molecular weight is 1040 g/mol. The first-order valence-corrected chi connectivity index (χ1v) is 26.3. The highest BCUT2D eigenvalue weighted by molar-refractivity contribution is 7.92. The summed E-state index contributed by atoms with van der Waals surface area (Å²) in [6.45, 7) is 8.55. The topological polar surface area (TPSA) is 216 Å². The number of H-pyrrole nitrogens is 1. The van der Waals surface area contributed by atoms with Gasteiger partial charge in [-0.05, 0) is 103 Å². The number of sulfone groups is 1. The summed E-state index contributed by atoms with van der Waals surface area (Å²) < 4.78 is 109. The monoisotopic (exact) mass is 1040 g/mol. The van der Waals surface area contributed by atoms with Crippen LogP contribution in [0.25, 0.3) is 16.6 Å². The summed E-state index contributed by atoms with van der Waals surface area (Å²) in [4.78, 5) is 37.1. The Morgan fingerprint density at radius 1 is 0.944 bits per heavy atom. The molecule has 2 amide bonds. The van der Waals surface area contributed by atoms with E-state index in [1.807, 2.05) is 29.0 Å². The van der Waals surface area contributed by atoms with E-state index in [0.29, 0.717) is 113 Å². The number of carbonyl (C=O) groups is 2. The van der Waals surface area contributed by atoms with Crippen LogP contribution in [0, 0.1) is 5.41 Å². The summed E-state index contributed by atoms with van der Waals surface area (Å²) in [6.07, 6.45) is 4.75. The standard InChI is InChI=1S/C48H54ClF3N8O9S2/c1-47(31-56-46(62)63)13-11-39(32-3-5-35(49)6-4-32)34(28-47)30-59-17-19-60(20-18-59)36-7-9-40(42(26-36)69-37-25-33-12-15-54-44(33)55-29-37)45(61)57-71(66,67)38-8-10-41(43(27-38)70(64,65)48(50,51)52)53-14-2-16-58-21-23-68-24-22-58/h3-10,12,15,25-27,29,53,56H,2,11,13-14,16-24,28,30-31H2,1H3,(H,54,55)(H,57,61)(H,62,63)/t47-/m1/s1. The van der Waals surface area contributed by atoms with Crippen LogP contribution in [-0.2, 0) is 24.6 Å². The SMILES string of the molecule is C[C@@]1(CNC(=O)O)CCC(c2ccc(Cl)cc2)=C(CN2CCN(c3ccc(C(=O)NS(=O)(=O)c4ccc(NCCCN5CCOCC5)c(S(=O)(=O)C(F)(F)F)c4)c(Oc4cnc5[nH]ccc5c4)c3)CC2)C1. The zero-order valence-corrected chi connectivity index (χ0v) is 41.1. The second-order valence-corrected chi connectivity index (χ2v) is 22.2. The number of piperazine rings is 1. The number of hydrogen-bond donors (Lipinski definition) is 5. The molecule has 5 aromatic rings. The Kier molecular flexibility index (Phi) is 15.5. The largest absolute Gasteiger partial charge is 0.501 e. The van der Waals surface area contributed by atoms with E-state index in [0.717, 1.165) is 30.5 Å². The molecule has 0 radical (unpaired) electrons. The van der Waals surface area contributed by atoms with Gasteiger partial charge in [-0.15, -0.1) is 0 Å². The third kappa shape index (κ3) is 12.4. The van der Waals surface area contributed by atoms with Gasteiger partial charge in [0.1, 0.15) is 22.0 Å². The molecule has 0 saturated carbocycles. The number of nitrogens with one attached hydrogen (secondary N) is 4. The summed E-state index contributed by atoms with van der Waals surface area (Å²) in [5, 5.41) is 16.0. The van der Waals surface area contributed by atoms with Crippen molar-refractivity contribution in [3.05, 3.63) is 107 Å². The fourth-order valence-corrected chi connectivity index (χ4v) is 11.3. The lowest BCUT2D eigenvalue weighted by Gasteiger charge is -2.41. The molecule has 380 valence electrons. The van der Waals surface area contributed by atoms with Crippen molar-refractivity contribution >= 4 is 71.4 Å². The zero-order valence-electron chi connectivity index (χ0n) is 38.7. The van der Waals surface area contributed by atoms with Gasteiger partial charge in [-0.2, -0.15) is 13.2 Å². The van der Waals surface area contributed by atoms with Crippen molar-refractivity contribution in [2.45, 2.75) is 47.9 Å². The zero-order chi connectivity index (χ0) is 50.6. The van der Waals surface area contributed by atoms with Gasteiger partial charge in [-0.1, -0.05) is 36.2 Å². The van der Waals surface area contributed by atoms with Crippen molar-refractivity contribution in [1.82, 2.24) is 29.8 Å². The van der Waals surface area contributed by atoms with Crippen molar-refractivity contribution in [3.63, 3.8) is 0 Å². The number of hydrogen-bond acceptors (Lipinski definition) is 13. The highest BCUT2D eigenvalue weighted by atomic mass is 35.5. The molecule has 71 heavy (non-hydrogen) atoms. The smallest absolute Gasteiger partial charge is 0.465 e. The van der Waals surface area contributed by atoms with Gasteiger partial charge in [0, 0.05) is 87.3 Å². The van der Waals surface area contributed by atoms with Crippen LogP contribution in [0.1, 0.15) is 48.5 Å². The Bertz CT molecular complexity index is 3020. The van der Waals surface area contributed by atoms with E-state index in [2.05, 4.69) is 42.2 Å². The predicted molar refractivity (Wildman–Crippen MR) is 262 cm³/mol. The highest BCUT2D eigenvalue weighted by Gasteiger charge is 2.48. The number of halogens is 4. The van der Waals surface area contributed by atoms with E-state index in [4.69, 9.17) is 21.1 Å². The minimum Gasteiger partial charge on any atom is -0.465 e. The minimum absolute atomic E-state index is 0.0551. The predicted octanol–water partition coefficient (Wildman–Crippen LogP) is 7.59. The number of sulfonamides is 1. The number of carboxylic acid groups (broad SMARTS) is 1. The number of ether oxygens (including phenoxy) is 2. The molecule has 1 aliphatic carbocycles. The molecule has 2 saturated heterocycles. The highest BCUT2D eigenvalue weighted by Crippen LogP contribution is 2.43. The van der Waals surface area contributed by atoms with Crippen LogP contribution in [0.5, 0.6) is 11.5 Å². The third-order valence-corrected chi connectivity index (χ3v) is 16.1. The quantitative estimate of drug-likeness (QED) is 0.0568. The number of amides is 2. The van der Waals surface area contributed by atoms with Crippen molar-refractivity contribution in [2.75, 3.05) is 88.9 Å². The van der Waals surface area contributed by atoms with Gasteiger partial charge < -0.3 is 35.1 Å². The van der Waals surface area contributed by atoms with Gasteiger partial charge in [0.05, 0.1) is 35.6 Å². The average Bonchev–Trinajstić information content (AvgIpc) is 3.81. The molecule has 0 unspecified atom stereocenters. The number of alkyl halides is 3. The van der Waals surface area contributed by atoms with Crippen molar-refractivity contribution in [2.24, 2.45) is 5.41 Å². The number of carbonyl (C=O) groups excluding carboxylic acids is 1. The van der Waals surface area contributed by atoms with Crippen molar-refractivity contribution < 1.29 is 54.2 Å². The van der Waals surface area contributed by atoms with Crippen LogP contribution in [0.2, 0.25) is 5.02 Å². The number of nitrogens with zero attached hydrogens (tertiary/aromatic N) is 4. The lowest BCUT2D eigenvalue weighted by atomic mass is 9.71. The number of aromatic amines is 1. The number of anilines is 2. The van der Waals surface area contributed by atoms with Crippen LogP contribution in [0.15, 0.2) is 101 Å². The Morgan fingerprint density at radius 2 is 1.69 bits per heavy atom. The second kappa shape index (κ2) is 21.4. The summed E-state index contributed by atoms with van der Waals surface area (Å²) in [5.41, 5.74) is -2.01. The van der Waals surface area contributed by atoms with Crippen LogP contribution >= 0.6 is 11.6 Å². The fraction of sp³-hybridized carbons (Fsp3) is 0.396. The summed E-state index contributed by atoms with van der Waals surface area (Å²) in [7, 11) is -11.1. The normalized spacial score (nSPS) is 18.6. The molecule has 17 nitrogen and oxygen atoms in total. The Balaban J connectivity index is 1.02. The maximum absolute atomic E-state index is 14.0. The van der Waals surface area contributed by atoms with Crippen LogP contribution in [-0.4, -0.2) is 138 Å². The maximum atomic E-state index is 14.0. The van der Waals surface area contributed by atoms with E-state index in [9.17, 15) is 44.7 Å². The molecule has 5 N–H and O–H groups in total.